The maximum atomic E-state index is 12.1. The van der Waals surface area contributed by atoms with Crippen LogP contribution in [0.5, 0.6) is 5.88 Å². The van der Waals surface area contributed by atoms with Gasteiger partial charge in [-0.25, -0.2) is 14.5 Å². The van der Waals surface area contributed by atoms with Crippen molar-refractivity contribution in [1.82, 2.24) is 14.8 Å². The lowest BCUT2D eigenvalue weighted by Gasteiger charge is -2.02. The Morgan fingerprint density at radius 2 is 1.81 bits per heavy atom. The molecule has 0 unspecified atom stereocenters. The molecule has 0 N–H and O–H groups in total. The topological polar surface area (TPSA) is 75.5 Å². The van der Waals surface area contributed by atoms with Crippen molar-refractivity contribution in [2.75, 3.05) is 13.9 Å². The maximum absolute atomic E-state index is 12.1. The van der Waals surface area contributed by atoms with Gasteiger partial charge in [-0.2, -0.15) is 0 Å². The molecule has 0 fully saturated rings. The summed E-state index contributed by atoms with van der Waals surface area (Å²) < 4.78 is 17.7. The van der Waals surface area contributed by atoms with Crippen LogP contribution in [0.15, 0.2) is 72.2 Å². The van der Waals surface area contributed by atoms with Gasteiger partial charge in [-0.1, -0.05) is 36.4 Å². The van der Waals surface area contributed by atoms with Crippen LogP contribution >= 0.6 is 11.3 Å². The smallest absolute Gasteiger partial charge is 0.338 e. The summed E-state index contributed by atoms with van der Waals surface area (Å²) in [6, 6.07) is 18.7. The second-order valence-corrected chi connectivity index (χ2v) is 7.60. The molecular weight excluding hydrogens is 426 g/mol. The van der Waals surface area contributed by atoms with E-state index in [-0.39, 0.29) is 19.4 Å². The Kier molecular flexibility index (Phi) is 7.06. The standard InChI is InChI=1S/C24H21N3O4S/c1-29-17-31-23-19(14-27(26-23)21-10-6-3-7-11-21)12-13-20-16-32-22(25-20)15-30-24(28)18-8-4-2-5-9-18/h2-14,16H,15,17H2,1H3. The molecule has 0 saturated carbocycles. The van der Waals surface area contributed by atoms with E-state index in [4.69, 9.17) is 14.2 Å². The monoisotopic (exact) mass is 447 g/mol. The summed E-state index contributed by atoms with van der Waals surface area (Å²) in [5.41, 5.74) is 2.98. The first-order valence-corrected chi connectivity index (χ1v) is 10.7. The molecule has 0 saturated heterocycles. The molecule has 0 spiro atoms. The highest BCUT2D eigenvalue weighted by Gasteiger charge is 2.11. The second-order valence-electron chi connectivity index (χ2n) is 6.66. The van der Waals surface area contributed by atoms with Crippen LogP contribution < -0.4 is 4.74 Å². The number of benzene rings is 2. The van der Waals surface area contributed by atoms with Crippen LogP contribution in [-0.4, -0.2) is 34.6 Å². The van der Waals surface area contributed by atoms with Gasteiger partial charge in [-0.15, -0.1) is 16.4 Å². The van der Waals surface area contributed by atoms with Crippen molar-refractivity contribution in [2.45, 2.75) is 6.61 Å². The molecule has 4 rings (SSSR count). The van der Waals surface area contributed by atoms with E-state index >= 15 is 0 Å². The molecule has 0 aliphatic carbocycles. The third-order valence-corrected chi connectivity index (χ3v) is 5.22. The molecule has 0 amide bonds. The van der Waals surface area contributed by atoms with Gasteiger partial charge in [-0.05, 0) is 36.4 Å². The molecule has 2 aromatic carbocycles. The van der Waals surface area contributed by atoms with Crippen molar-refractivity contribution < 1.29 is 19.0 Å². The molecule has 4 aromatic rings. The summed E-state index contributed by atoms with van der Waals surface area (Å²) >= 11 is 1.43. The average Bonchev–Trinajstić information content (AvgIpc) is 3.47. The molecule has 0 bridgehead atoms. The number of thiazole rings is 1. The minimum Gasteiger partial charge on any atom is -0.455 e. The number of esters is 1. The Labute approximate surface area is 189 Å². The van der Waals surface area contributed by atoms with E-state index in [0.29, 0.717) is 16.5 Å². The summed E-state index contributed by atoms with van der Waals surface area (Å²) in [6.45, 7) is 0.223. The van der Waals surface area contributed by atoms with E-state index in [1.807, 2.05) is 60.1 Å². The van der Waals surface area contributed by atoms with Crippen molar-refractivity contribution in [3.05, 3.63) is 94.1 Å². The van der Waals surface area contributed by atoms with Crippen LogP contribution in [0.25, 0.3) is 17.8 Å². The van der Waals surface area contributed by atoms with Crippen LogP contribution in [0.4, 0.5) is 0 Å². The van der Waals surface area contributed by atoms with Gasteiger partial charge in [0.1, 0.15) is 11.6 Å². The third-order valence-electron chi connectivity index (χ3n) is 4.38. The van der Waals surface area contributed by atoms with Crippen molar-refractivity contribution in [3.63, 3.8) is 0 Å². The fourth-order valence-electron chi connectivity index (χ4n) is 2.85. The van der Waals surface area contributed by atoms with Gasteiger partial charge in [-0.3, -0.25) is 0 Å². The van der Waals surface area contributed by atoms with Gasteiger partial charge in [0.15, 0.2) is 6.79 Å². The van der Waals surface area contributed by atoms with Gasteiger partial charge < -0.3 is 14.2 Å². The highest BCUT2D eigenvalue weighted by Crippen LogP contribution is 2.22. The van der Waals surface area contributed by atoms with E-state index in [2.05, 4.69) is 10.1 Å². The molecule has 32 heavy (non-hydrogen) atoms. The van der Waals surface area contributed by atoms with Crippen molar-refractivity contribution >= 4 is 29.5 Å². The number of nitrogens with zero attached hydrogens (tertiary/aromatic N) is 3. The Morgan fingerprint density at radius 1 is 1.06 bits per heavy atom. The van der Waals surface area contributed by atoms with Crippen LogP contribution in [-0.2, 0) is 16.1 Å². The maximum Gasteiger partial charge on any atom is 0.338 e. The molecule has 8 heteroatoms. The van der Waals surface area contributed by atoms with Crippen LogP contribution in [0.1, 0.15) is 26.6 Å². The number of rotatable bonds is 9. The summed E-state index contributed by atoms with van der Waals surface area (Å²) in [7, 11) is 1.56. The number of ether oxygens (including phenoxy) is 3. The fourth-order valence-corrected chi connectivity index (χ4v) is 3.53. The lowest BCUT2D eigenvalue weighted by atomic mass is 10.2. The minimum absolute atomic E-state index is 0.0975. The Bertz CT molecular complexity index is 1190. The molecule has 0 atom stereocenters. The van der Waals surface area contributed by atoms with Crippen molar-refractivity contribution in [2.24, 2.45) is 0 Å². The number of para-hydroxylation sites is 1. The summed E-state index contributed by atoms with van der Waals surface area (Å²) in [5, 5.41) is 7.12. The van der Waals surface area contributed by atoms with E-state index in [1.54, 1.807) is 36.1 Å². The highest BCUT2D eigenvalue weighted by molar-refractivity contribution is 7.09. The normalized spacial score (nSPS) is 11.0. The summed E-state index contributed by atoms with van der Waals surface area (Å²) in [5.74, 6) is 0.0883. The van der Waals surface area contributed by atoms with E-state index in [1.165, 1.54) is 11.3 Å². The van der Waals surface area contributed by atoms with Gasteiger partial charge in [0, 0.05) is 18.7 Å². The molecule has 0 aliphatic rings. The number of aromatic nitrogens is 3. The molecule has 0 radical (unpaired) electrons. The van der Waals surface area contributed by atoms with Crippen LogP contribution in [0, 0.1) is 0 Å². The van der Waals surface area contributed by atoms with Crippen molar-refractivity contribution in [3.8, 4) is 11.6 Å². The SMILES string of the molecule is COCOc1nn(-c2ccccc2)cc1C=Cc1csc(COC(=O)c2ccccc2)n1. The zero-order chi connectivity index (χ0) is 22.2. The van der Waals surface area contributed by atoms with E-state index in [9.17, 15) is 4.79 Å². The number of hydrogen-bond donors (Lipinski definition) is 0. The first-order chi connectivity index (χ1) is 15.7. The predicted octanol–water partition coefficient (Wildman–Crippen LogP) is 4.84. The van der Waals surface area contributed by atoms with Gasteiger partial charge in [0.05, 0.1) is 22.5 Å². The average molecular weight is 448 g/mol. The Hall–Kier alpha value is -3.75. The van der Waals surface area contributed by atoms with Gasteiger partial charge in [0.2, 0.25) is 5.88 Å². The molecule has 0 aliphatic heterocycles. The first kappa shape index (κ1) is 21.5. The van der Waals surface area contributed by atoms with Crippen LogP contribution in [0.2, 0.25) is 0 Å². The number of carbonyl (C=O) groups excluding carboxylic acids is 1. The molecule has 2 heterocycles. The fraction of sp³-hybridized carbons (Fsp3) is 0.125. The largest absolute Gasteiger partial charge is 0.455 e. The summed E-state index contributed by atoms with van der Waals surface area (Å²) in [4.78, 5) is 16.6. The van der Waals surface area contributed by atoms with Gasteiger partial charge in [0.25, 0.3) is 0 Å². The first-order valence-electron chi connectivity index (χ1n) is 9.84. The quantitative estimate of drug-likeness (QED) is 0.270. The predicted molar refractivity (Wildman–Crippen MR) is 123 cm³/mol. The van der Waals surface area contributed by atoms with Crippen LogP contribution in [0.3, 0.4) is 0 Å². The molecular formula is C24H21N3O4S. The number of methoxy groups -OCH3 is 1. The molecule has 7 nitrogen and oxygen atoms in total. The highest BCUT2D eigenvalue weighted by atomic mass is 32.1. The number of hydrogen-bond acceptors (Lipinski definition) is 7. The lowest BCUT2D eigenvalue weighted by Crippen LogP contribution is -2.04. The van der Waals surface area contributed by atoms with E-state index in [0.717, 1.165) is 16.9 Å². The Balaban J connectivity index is 1.44. The number of carbonyl (C=O) groups is 1. The van der Waals surface area contributed by atoms with Crippen molar-refractivity contribution in [1.29, 1.82) is 0 Å². The van der Waals surface area contributed by atoms with Gasteiger partial charge >= 0.3 is 5.97 Å². The lowest BCUT2D eigenvalue weighted by molar-refractivity contribution is 0.0469. The van der Waals surface area contributed by atoms with E-state index < -0.39 is 0 Å². The minimum atomic E-state index is -0.369. The zero-order valence-corrected chi connectivity index (χ0v) is 18.2. The second kappa shape index (κ2) is 10.5. The Morgan fingerprint density at radius 3 is 2.56 bits per heavy atom. The molecule has 162 valence electrons. The third kappa shape index (κ3) is 5.48. The molecule has 2 aromatic heterocycles. The summed E-state index contributed by atoms with van der Waals surface area (Å²) in [6.07, 6.45) is 5.63. The zero-order valence-electron chi connectivity index (χ0n) is 17.4.